The van der Waals surface area contributed by atoms with E-state index in [1.807, 2.05) is 12.1 Å². The number of aromatic hydroxyl groups is 1. The van der Waals surface area contributed by atoms with Crippen LogP contribution in [0.3, 0.4) is 0 Å². The van der Waals surface area contributed by atoms with Crippen molar-refractivity contribution in [3.63, 3.8) is 0 Å². The van der Waals surface area contributed by atoms with Crippen molar-refractivity contribution in [2.75, 3.05) is 5.32 Å². The van der Waals surface area contributed by atoms with E-state index in [9.17, 15) is 5.11 Å². The Morgan fingerprint density at radius 3 is 2.90 bits per heavy atom. The van der Waals surface area contributed by atoms with E-state index >= 15 is 0 Å². The predicted octanol–water partition coefficient (Wildman–Crippen LogP) is 3.44. The van der Waals surface area contributed by atoms with Crippen molar-refractivity contribution in [1.82, 2.24) is 15.2 Å². The Bertz CT molecular complexity index is 742. The number of rotatable bonds is 4. The van der Waals surface area contributed by atoms with Crippen LogP contribution in [0.25, 0.3) is 11.3 Å². The summed E-state index contributed by atoms with van der Waals surface area (Å²) in [5.41, 5.74) is 3.76. The highest BCUT2D eigenvalue weighted by Crippen LogP contribution is 2.27. The molecule has 0 amide bonds. The van der Waals surface area contributed by atoms with Crippen LogP contribution in [0.1, 0.15) is 5.56 Å². The number of aromatic nitrogens is 3. The molecular weight excluding hydrogens is 288 g/mol. The number of nitrogens with zero attached hydrogens (tertiary/aromatic N) is 2. The first kappa shape index (κ1) is 13.5. The fourth-order valence-corrected chi connectivity index (χ4v) is 2.20. The third kappa shape index (κ3) is 2.98. The number of aromatic amines is 1. The van der Waals surface area contributed by atoms with E-state index in [-0.39, 0.29) is 5.75 Å². The lowest BCUT2D eigenvalue weighted by Gasteiger charge is -2.08. The number of hydrogen-bond acceptors (Lipinski definition) is 4. The second kappa shape index (κ2) is 5.85. The SMILES string of the molecule is Oc1ccc(NCc2cn[nH]c2-c2cccnc2)cc1Cl. The molecule has 21 heavy (non-hydrogen) atoms. The zero-order valence-electron chi connectivity index (χ0n) is 11.0. The van der Waals surface area contributed by atoms with Crippen molar-refractivity contribution in [2.45, 2.75) is 6.54 Å². The molecule has 0 saturated heterocycles. The maximum Gasteiger partial charge on any atom is 0.134 e. The molecule has 0 aliphatic rings. The fourth-order valence-electron chi connectivity index (χ4n) is 2.02. The molecule has 6 heteroatoms. The van der Waals surface area contributed by atoms with Gasteiger partial charge in [-0.05, 0) is 30.3 Å². The van der Waals surface area contributed by atoms with Gasteiger partial charge < -0.3 is 10.4 Å². The molecule has 3 rings (SSSR count). The van der Waals surface area contributed by atoms with E-state index in [0.29, 0.717) is 11.6 Å². The Balaban J connectivity index is 1.77. The van der Waals surface area contributed by atoms with Gasteiger partial charge in [-0.1, -0.05) is 11.6 Å². The third-order valence-corrected chi connectivity index (χ3v) is 3.40. The number of phenols is 1. The zero-order valence-corrected chi connectivity index (χ0v) is 11.8. The van der Waals surface area contributed by atoms with Crippen LogP contribution in [0.5, 0.6) is 5.75 Å². The van der Waals surface area contributed by atoms with E-state index < -0.39 is 0 Å². The highest BCUT2D eigenvalue weighted by atomic mass is 35.5. The van der Waals surface area contributed by atoms with Crippen LogP contribution < -0.4 is 5.32 Å². The number of H-pyrrole nitrogens is 1. The van der Waals surface area contributed by atoms with Crippen LogP contribution in [-0.2, 0) is 6.54 Å². The molecule has 0 aliphatic carbocycles. The zero-order chi connectivity index (χ0) is 14.7. The van der Waals surface area contributed by atoms with Crippen molar-refractivity contribution in [3.05, 3.63) is 59.5 Å². The summed E-state index contributed by atoms with van der Waals surface area (Å²) in [6.07, 6.45) is 5.29. The monoisotopic (exact) mass is 300 g/mol. The van der Waals surface area contributed by atoms with Gasteiger partial charge in [-0.2, -0.15) is 5.10 Å². The van der Waals surface area contributed by atoms with Gasteiger partial charge in [-0.15, -0.1) is 0 Å². The van der Waals surface area contributed by atoms with Crippen LogP contribution in [0, 0.1) is 0 Å². The first-order valence-corrected chi connectivity index (χ1v) is 6.77. The molecule has 3 aromatic rings. The molecule has 2 heterocycles. The number of pyridine rings is 1. The Morgan fingerprint density at radius 1 is 1.24 bits per heavy atom. The van der Waals surface area contributed by atoms with E-state index in [1.54, 1.807) is 36.8 Å². The second-order valence-corrected chi connectivity index (χ2v) is 4.94. The molecular formula is C15H13ClN4O. The van der Waals surface area contributed by atoms with Crippen molar-refractivity contribution >= 4 is 17.3 Å². The lowest BCUT2D eigenvalue weighted by Crippen LogP contribution is -2.00. The van der Waals surface area contributed by atoms with Gasteiger partial charge in [0, 0.05) is 35.8 Å². The summed E-state index contributed by atoms with van der Waals surface area (Å²) in [7, 11) is 0. The van der Waals surface area contributed by atoms with E-state index in [2.05, 4.69) is 20.5 Å². The van der Waals surface area contributed by atoms with Crippen LogP contribution in [-0.4, -0.2) is 20.3 Å². The fraction of sp³-hybridized carbons (Fsp3) is 0.0667. The van der Waals surface area contributed by atoms with Crippen molar-refractivity contribution in [1.29, 1.82) is 0 Å². The van der Waals surface area contributed by atoms with Crippen LogP contribution in [0.15, 0.2) is 48.9 Å². The normalized spacial score (nSPS) is 10.5. The minimum Gasteiger partial charge on any atom is -0.506 e. The predicted molar refractivity (Wildman–Crippen MR) is 82.3 cm³/mol. The third-order valence-electron chi connectivity index (χ3n) is 3.10. The topological polar surface area (TPSA) is 73.8 Å². The van der Waals surface area contributed by atoms with Crippen LogP contribution in [0.4, 0.5) is 5.69 Å². The molecule has 3 N–H and O–H groups in total. The largest absolute Gasteiger partial charge is 0.506 e. The molecule has 0 spiro atoms. The molecule has 5 nitrogen and oxygen atoms in total. The first-order valence-electron chi connectivity index (χ1n) is 6.39. The van der Waals surface area contributed by atoms with Crippen molar-refractivity contribution < 1.29 is 5.11 Å². The molecule has 0 aliphatic heterocycles. The number of benzene rings is 1. The van der Waals surface area contributed by atoms with Gasteiger partial charge in [0.15, 0.2) is 0 Å². The van der Waals surface area contributed by atoms with E-state index in [4.69, 9.17) is 11.6 Å². The number of hydrogen-bond donors (Lipinski definition) is 3. The number of anilines is 1. The maximum atomic E-state index is 9.41. The van der Waals surface area contributed by atoms with Crippen molar-refractivity contribution in [3.8, 4) is 17.0 Å². The lowest BCUT2D eigenvalue weighted by atomic mass is 10.1. The van der Waals surface area contributed by atoms with Crippen LogP contribution in [0.2, 0.25) is 5.02 Å². The summed E-state index contributed by atoms with van der Waals surface area (Å²) < 4.78 is 0. The molecule has 0 bridgehead atoms. The van der Waals surface area contributed by atoms with Gasteiger partial charge in [0.1, 0.15) is 5.75 Å². The lowest BCUT2D eigenvalue weighted by molar-refractivity contribution is 0.475. The Labute approximate surface area is 126 Å². The average Bonchev–Trinajstić information content (AvgIpc) is 2.98. The number of halogens is 1. The summed E-state index contributed by atoms with van der Waals surface area (Å²) in [5, 5.41) is 20.0. The maximum absolute atomic E-state index is 9.41. The quantitative estimate of drug-likeness (QED) is 0.645. The van der Waals surface area contributed by atoms with E-state index in [1.165, 1.54) is 0 Å². The van der Waals surface area contributed by atoms with Gasteiger partial charge >= 0.3 is 0 Å². The standard InChI is InChI=1S/C15H13ClN4O/c16-13-6-12(3-4-14(13)21)18-8-11-9-19-20-15(11)10-2-1-5-17-7-10/h1-7,9,18,21H,8H2,(H,19,20). The Kier molecular flexibility index (Phi) is 3.75. The molecule has 1 aromatic carbocycles. The van der Waals surface area contributed by atoms with Gasteiger partial charge in [0.25, 0.3) is 0 Å². The molecule has 0 saturated carbocycles. The average molecular weight is 301 g/mol. The van der Waals surface area contributed by atoms with Crippen molar-refractivity contribution in [2.24, 2.45) is 0 Å². The summed E-state index contributed by atoms with van der Waals surface area (Å²) in [4.78, 5) is 4.11. The van der Waals surface area contributed by atoms with Gasteiger partial charge in [0.05, 0.1) is 16.9 Å². The molecule has 0 fully saturated rings. The minimum atomic E-state index is 0.0709. The Hall–Kier alpha value is -2.53. The molecule has 0 atom stereocenters. The second-order valence-electron chi connectivity index (χ2n) is 4.53. The van der Waals surface area contributed by atoms with E-state index in [0.717, 1.165) is 22.5 Å². The number of phenolic OH excluding ortho intramolecular Hbond substituents is 1. The molecule has 0 unspecified atom stereocenters. The summed E-state index contributed by atoms with van der Waals surface area (Å²) in [6, 6.07) is 8.86. The number of nitrogens with one attached hydrogen (secondary N) is 2. The van der Waals surface area contributed by atoms with Gasteiger partial charge in [-0.25, -0.2) is 0 Å². The summed E-state index contributed by atoms with van der Waals surface area (Å²) in [6.45, 7) is 0.585. The summed E-state index contributed by atoms with van der Waals surface area (Å²) in [5.74, 6) is 0.0709. The van der Waals surface area contributed by atoms with Gasteiger partial charge in [0.2, 0.25) is 0 Å². The smallest absolute Gasteiger partial charge is 0.134 e. The summed E-state index contributed by atoms with van der Waals surface area (Å²) >= 11 is 5.88. The molecule has 106 valence electrons. The van der Waals surface area contributed by atoms with Crippen LogP contribution >= 0.6 is 11.6 Å². The molecule has 2 aromatic heterocycles. The highest BCUT2D eigenvalue weighted by Gasteiger charge is 2.08. The van der Waals surface area contributed by atoms with Gasteiger partial charge in [-0.3, -0.25) is 10.1 Å². The molecule has 0 radical (unpaired) electrons. The highest BCUT2D eigenvalue weighted by molar-refractivity contribution is 6.32. The Morgan fingerprint density at radius 2 is 2.14 bits per heavy atom. The minimum absolute atomic E-state index is 0.0709. The first-order chi connectivity index (χ1) is 10.2.